The summed E-state index contributed by atoms with van der Waals surface area (Å²) in [5.74, 6) is -0.527. The topological polar surface area (TPSA) is 79.9 Å². The van der Waals surface area contributed by atoms with Crippen LogP contribution in [0.1, 0.15) is 0 Å². The van der Waals surface area contributed by atoms with Crippen molar-refractivity contribution in [3.8, 4) is 0 Å². The van der Waals surface area contributed by atoms with Crippen LogP contribution in [0, 0.1) is 15.9 Å². The van der Waals surface area contributed by atoms with Gasteiger partial charge in [-0.05, 0) is 30.3 Å². The van der Waals surface area contributed by atoms with Crippen molar-refractivity contribution in [3.63, 3.8) is 0 Å². The molecule has 2 N–H and O–H groups in total. The van der Waals surface area contributed by atoms with E-state index in [-0.39, 0.29) is 17.4 Å². The molecular formula is C18H20FN4O3+. The maximum atomic E-state index is 13.2. The molecule has 3 rings (SSSR count). The number of non-ortho nitro benzene ring substituents is 1. The Labute approximate surface area is 150 Å². The number of nitro benzene ring substituents is 1. The second-order valence-electron chi connectivity index (χ2n) is 6.25. The van der Waals surface area contributed by atoms with Gasteiger partial charge < -0.3 is 15.1 Å². The molecule has 0 atom stereocenters. The van der Waals surface area contributed by atoms with Crippen molar-refractivity contribution in [2.24, 2.45) is 0 Å². The van der Waals surface area contributed by atoms with E-state index < -0.39 is 4.92 Å². The van der Waals surface area contributed by atoms with Gasteiger partial charge in [-0.3, -0.25) is 14.9 Å². The van der Waals surface area contributed by atoms with Crippen LogP contribution in [0.5, 0.6) is 0 Å². The fourth-order valence-corrected chi connectivity index (χ4v) is 3.04. The smallest absolute Gasteiger partial charge is 0.279 e. The Kier molecular flexibility index (Phi) is 5.43. The number of anilines is 2. The van der Waals surface area contributed by atoms with E-state index in [0.717, 1.165) is 36.8 Å². The Hall–Kier alpha value is -3.00. The van der Waals surface area contributed by atoms with E-state index in [4.69, 9.17) is 0 Å². The molecule has 2 aromatic rings. The first-order valence-electron chi connectivity index (χ1n) is 8.39. The molecule has 0 saturated carbocycles. The predicted octanol–water partition coefficient (Wildman–Crippen LogP) is 1.08. The van der Waals surface area contributed by atoms with Crippen LogP contribution in [0.15, 0.2) is 48.5 Å². The van der Waals surface area contributed by atoms with E-state index in [2.05, 4.69) is 10.2 Å². The minimum absolute atomic E-state index is 0.0760. The summed E-state index contributed by atoms with van der Waals surface area (Å²) in [6.45, 7) is 3.42. The van der Waals surface area contributed by atoms with Crippen molar-refractivity contribution < 1.29 is 19.0 Å². The Morgan fingerprint density at radius 3 is 2.50 bits per heavy atom. The van der Waals surface area contributed by atoms with Gasteiger partial charge in [-0.2, -0.15) is 0 Å². The summed E-state index contributed by atoms with van der Waals surface area (Å²) in [7, 11) is 0. The molecule has 136 valence electrons. The van der Waals surface area contributed by atoms with Crippen LogP contribution in [0.4, 0.5) is 21.5 Å². The highest BCUT2D eigenvalue weighted by Gasteiger charge is 2.22. The summed E-state index contributed by atoms with van der Waals surface area (Å²) in [6, 6.07) is 12.3. The summed E-state index contributed by atoms with van der Waals surface area (Å²) in [6.07, 6.45) is 0. The number of rotatable bonds is 5. The maximum absolute atomic E-state index is 13.2. The van der Waals surface area contributed by atoms with E-state index in [1.165, 1.54) is 24.3 Å². The zero-order chi connectivity index (χ0) is 18.5. The quantitative estimate of drug-likeness (QED) is 0.618. The van der Waals surface area contributed by atoms with Gasteiger partial charge in [0.15, 0.2) is 6.54 Å². The number of quaternary nitrogens is 1. The summed E-state index contributed by atoms with van der Waals surface area (Å²) in [4.78, 5) is 25.7. The normalized spacial score (nSPS) is 14.9. The molecule has 0 spiro atoms. The summed E-state index contributed by atoms with van der Waals surface area (Å²) in [5, 5.41) is 13.4. The molecule has 7 nitrogen and oxygen atoms in total. The number of halogens is 1. The van der Waals surface area contributed by atoms with Gasteiger partial charge in [-0.25, -0.2) is 4.39 Å². The van der Waals surface area contributed by atoms with Gasteiger partial charge in [0.25, 0.3) is 11.6 Å². The van der Waals surface area contributed by atoms with Gasteiger partial charge in [-0.15, -0.1) is 0 Å². The molecule has 1 aliphatic rings. The molecule has 0 aromatic heterocycles. The van der Waals surface area contributed by atoms with Crippen molar-refractivity contribution in [3.05, 3.63) is 64.5 Å². The summed E-state index contributed by atoms with van der Waals surface area (Å²) >= 11 is 0. The SMILES string of the molecule is O=C(C[NH+]1CCN(c2ccc([N+](=O)[O-])cc2)CC1)Nc1cccc(F)c1. The molecule has 8 heteroatoms. The second-order valence-corrected chi connectivity index (χ2v) is 6.25. The van der Waals surface area contributed by atoms with Crippen LogP contribution >= 0.6 is 0 Å². The van der Waals surface area contributed by atoms with Gasteiger partial charge in [0.05, 0.1) is 31.1 Å². The lowest BCUT2D eigenvalue weighted by molar-refractivity contribution is -0.892. The van der Waals surface area contributed by atoms with E-state index >= 15 is 0 Å². The molecule has 0 unspecified atom stereocenters. The van der Waals surface area contributed by atoms with E-state index in [1.807, 2.05) is 0 Å². The third-order valence-electron chi connectivity index (χ3n) is 4.42. The zero-order valence-electron chi connectivity index (χ0n) is 14.2. The highest BCUT2D eigenvalue weighted by atomic mass is 19.1. The molecule has 26 heavy (non-hydrogen) atoms. The van der Waals surface area contributed by atoms with E-state index in [1.54, 1.807) is 24.3 Å². The summed E-state index contributed by atoms with van der Waals surface area (Å²) in [5.41, 5.74) is 1.48. The molecule has 1 heterocycles. The third-order valence-corrected chi connectivity index (χ3v) is 4.42. The highest BCUT2D eigenvalue weighted by Crippen LogP contribution is 2.19. The molecule has 1 aliphatic heterocycles. The predicted molar refractivity (Wildman–Crippen MR) is 95.9 cm³/mol. The molecule has 1 saturated heterocycles. The number of carbonyl (C=O) groups is 1. The monoisotopic (exact) mass is 359 g/mol. The number of carbonyl (C=O) groups excluding carboxylic acids is 1. The number of amides is 1. The minimum Gasteiger partial charge on any atom is -0.360 e. The first-order chi connectivity index (χ1) is 12.5. The standard InChI is InChI=1S/C18H19FN4O3/c19-14-2-1-3-15(12-14)20-18(24)13-21-8-10-22(11-9-21)16-4-6-17(7-5-16)23(25)26/h1-7,12H,8-11,13H2,(H,20,24)/p+1. The van der Waals surface area contributed by atoms with Crippen LogP contribution in [0.3, 0.4) is 0 Å². The lowest BCUT2D eigenvalue weighted by atomic mass is 10.2. The average Bonchev–Trinajstić information content (AvgIpc) is 2.62. The lowest BCUT2D eigenvalue weighted by Crippen LogP contribution is -3.15. The van der Waals surface area contributed by atoms with Crippen molar-refractivity contribution in [2.75, 3.05) is 42.9 Å². The molecule has 0 radical (unpaired) electrons. The average molecular weight is 359 g/mol. The number of nitro groups is 1. The molecule has 1 fully saturated rings. The molecule has 0 bridgehead atoms. The first kappa shape index (κ1) is 17.8. The lowest BCUT2D eigenvalue weighted by Gasteiger charge is -2.33. The third kappa shape index (κ3) is 4.54. The van der Waals surface area contributed by atoms with Gasteiger partial charge in [0.1, 0.15) is 5.82 Å². The minimum atomic E-state index is -0.414. The fraction of sp³-hybridized carbons (Fsp3) is 0.278. The Morgan fingerprint density at radius 1 is 1.19 bits per heavy atom. The highest BCUT2D eigenvalue weighted by molar-refractivity contribution is 5.91. The van der Waals surface area contributed by atoms with Crippen LogP contribution in [0.25, 0.3) is 0 Å². The number of hydrogen-bond acceptors (Lipinski definition) is 4. The molecular weight excluding hydrogens is 339 g/mol. The van der Waals surface area contributed by atoms with Crippen molar-refractivity contribution in [2.45, 2.75) is 0 Å². The Morgan fingerprint density at radius 2 is 1.88 bits per heavy atom. The molecule has 0 aliphatic carbocycles. The van der Waals surface area contributed by atoms with Crippen LogP contribution in [-0.2, 0) is 4.79 Å². The maximum Gasteiger partial charge on any atom is 0.279 e. The van der Waals surface area contributed by atoms with Crippen molar-refractivity contribution >= 4 is 23.0 Å². The number of nitrogens with one attached hydrogen (secondary N) is 2. The van der Waals surface area contributed by atoms with Gasteiger partial charge >= 0.3 is 0 Å². The van der Waals surface area contributed by atoms with Crippen molar-refractivity contribution in [1.29, 1.82) is 0 Å². The van der Waals surface area contributed by atoms with Gasteiger partial charge in [-0.1, -0.05) is 6.07 Å². The Balaban J connectivity index is 1.49. The fourth-order valence-electron chi connectivity index (χ4n) is 3.04. The van der Waals surface area contributed by atoms with E-state index in [0.29, 0.717) is 12.2 Å². The first-order valence-corrected chi connectivity index (χ1v) is 8.39. The largest absolute Gasteiger partial charge is 0.360 e. The number of hydrogen-bond donors (Lipinski definition) is 2. The second kappa shape index (κ2) is 7.92. The number of piperazine rings is 1. The van der Waals surface area contributed by atoms with Crippen LogP contribution in [-0.4, -0.2) is 43.6 Å². The van der Waals surface area contributed by atoms with E-state index in [9.17, 15) is 19.3 Å². The molecule has 1 amide bonds. The molecule has 2 aromatic carbocycles. The Bertz CT molecular complexity index is 789. The van der Waals surface area contributed by atoms with Crippen LogP contribution < -0.4 is 15.1 Å². The number of benzene rings is 2. The zero-order valence-corrected chi connectivity index (χ0v) is 14.2. The summed E-state index contributed by atoms with van der Waals surface area (Å²) < 4.78 is 13.2. The number of nitrogens with zero attached hydrogens (tertiary/aromatic N) is 2. The van der Waals surface area contributed by atoms with Crippen LogP contribution in [0.2, 0.25) is 0 Å². The van der Waals surface area contributed by atoms with Crippen molar-refractivity contribution in [1.82, 2.24) is 0 Å². The van der Waals surface area contributed by atoms with Gasteiger partial charge in [0.2, 0.25) is 0 Å². The van der Waals surface area contributed by atoms with Gasteiger partial charge in [0, 0.05) is 23.5 Å².